The second kappa shape index (κ2) is 15.7. The first-order valence-electron chi connectivity index (χ1n) is 21.6. The lowest BCUT2D eigenvalue weighted by Gasteiger charge is -2.26. The molecule has 12 rings (SSSR count). The van der Waals surface area contributed by atoms with Gasteiger partial charge in [0.25, 0.3) is 0 Å². The zero-order chi connectivity index (χ0) is 42.4. The first kappa shape index (κ1) is 37.2. The highest BCUT2D eigenvalue weighted by molar-refractivity contribution is 6.07. The van der Waals surface area contributed by atoms with Gasteiger partial charge in [-0.2, -0.15) is 0 Å². The summed E-state index contributed by atoms with van der Waals surface area (Å²) in [6.45, 7) is 0. The Morgan fingerprint density at radius 1 is 0.203 bits per heavy atom. The van der Waals surface area contributed by atoms with Crippen LogP contribution in [0.3, 0.4) is 0 Å². The Balaban J connectivity index is 0.988. The number of rotatable bonds is 9. The van der Waals surface area contributed by atoms with Gasteiger partial charge in [0.2, 0.25) is 0 Å². The van der Waals surface area contributed by atoms with Crippen LogP contribution < -0.4 is 9.80 Å². The van der Waals surface area contributed by atoms with Gasteiger partial charge in [0.15, 0.2) is 0 Å². The zero-order valence-corrected chi connectivity index (χ0v) is 34.8. The van der Waals surface area contributed by atoms with Crippen molar-refractivity contribution in [1.29, 1.82) is 0 Å². The predicted octanol–water partition coefficient (Wildman–Crippen LogP) is 17.4. The average Bonchev–Trinajstić information content (AvgIpc) is 3.93. The summed E-state index contributed by atoms with van der Waals surface area (Å²) in [5.74, 6) is 0. The van der Waals surface area contributed by atoms with E-state index >= 15 is 0 Å². The summed E-state index contributed by atoms with van der Waals surface area (Å²) in [5.41, 5.74) is 16.7. The Kier molecular flexibility index (Phi) is 9.12. The fraction of sp³-hybridized carbons (Fsp3) is 0. The van der Waals surface area contributed by atoms with Gasteiger partial charge >= 0.3 is 0 Å². The monoisotopic (exact) mass is 820 g/mol. The lowest BCUT2D eigenvalue weighted by atomic mass is 9.93. The van der Waals surface area contributed by atoms with Crippen molar-refractivity contribution in [2.75, 3.05) is 9.80 Å². The maximum Gasteiger partial charge on any atom is 0.135 e. The van der Waals surface area contributed by atoms with E-state index in [1.807, 2.05) is 24.3 Å². The third kappa shape index (κ3) is 6.75. The van der Waals surface area contributed by atoms with Crippen LogP contribution >= 0.6 is 0 Å². The molecule has 2 aromatic heterocycles. The SMILES string of the molecule is c1ccc(-c2cc(-c3cccc(N(c4ccccc4)c4ccc5oc6ccccc6c5c4)c3)cc(-c3cccc(N(c4ccccc4)c4ccc5oc6ccccc6c5c4)c3)c2)cc1. The van der Waals surface area contributed by atoms with Gasteiger partial charge in [-0.05, 0) is 149 Å². The van der Waals surface area contributed by atoms with Crippen molar-refractivity contribution >= 4 is 78.0 Å². The van der Waals surface area contributed by atoms with Crippen LogP contribution in [0, 0.1) is 0 Å². The van der Waals surface area contributed by atoms with Crippen LogP contribution in [-0.4, -0.2) is 0 Å². The Morgan fingerprint density at radius 3 is 1.02 bits per heavy atom. The summed E-state index contributed by atoms with van der Waals surface area (Å²) in [6, 6.07) is 86.1. The molecule has 4 nitrogen and oxygen atoms in total. The normalized spacial score (nSPS) is 11.4. The van der Waals surface area contributed by atoms with Crippen molar-refractivity contribution < 1.29 is 8.83 Å². The van der Waals surface area contributed by atoms with Crippen molar-refractivity contribution in [3.8, 4) is 33.4 Å². The number of benzene rings is 10. The first-order valence-corrected chi connectivity index (χ1v) is 21.6. The van der Waals surface area contributed by atoms with Gasteiger partial charge in [-0.1, -0.05) is 127 Å². The minimum Gasteiger partial charge on any atom is -0.456 e. The van der Waals surface area contributed by atoms with E-state index in [1.165, 1.54) is 0 Å². The van der Waals surface area contributed by atoms with Gasteiger partial charge < -0.3 is 18.6 Å². The Bertz CT molecular complexity index is 3410. The molecule has 0 atom stereocenters. The Hall–Kier alpha value is -8.60. The highest BCUT2D eigenvalue weighted by atomic mass is 16.3. The third-order valence-electron chi connectivity index (χ3n) is 12.2. The van der Waals surface area contributed by atoms with Crippen LogP contribution in [0.25, 0.3) is 77.3 Å². The molecule has 0 N–H and O–H groups in total. The van der Waals surface area contributed by atoms with Crippen LogP contribution in [0.5, 0.6) is 0 Å². The lowest BCUT2D eigenvalue weighted by molar-refractivity contribution is 0.668. The molecule has 302 valence electrons. The van der Waals surface area contributed by atoms with Gasteiger partial charge in [-0.25, -0.2) is 0 Å². The molecule has 0 aliphatic carbocycles. The van der Waals surface area contributed by atoms with E-state index in [9.17, 15) is 0 Å². The fourth-order valence-electron chi connectivity index (χ4n) is 9.16. The zero-order valence-electron chi connectivity index (χ0n) is 34.8. The van der Waals surface area contributed by atoms with Crippen LogP contribution in [0.2, 0.25) is 0 Å². The largest absolute Gasteiger partial charge is 0.456 e. The van der Waals surface area contributed by atoms with Gasteiger partial charge in [-0.15, -0.1) is 0 Å². The summed E-state index contributed by atoms with van der Waals surface area (Å²) in [5, 5.41) is 4.40. The van der Waals surface area contributed by atoms with E-state index in [4.69, 9.17) is 8.83 Å². The molecule has 0 radical (unpaired) electrons. The van der Waals surface area contributed by atoms with E-state index in [0.29, 0.717) is 0 Å². The molecule has 0 spiro atoms. The summed E-state index contributed by atoms with van der Waals surface area (Å²) in [6.07, 6.45) is 0. The van der Waals surface area contributed by atoms with Crippen molar-refractivity contribution in [2.45, 2.75) is 0 Å². The van der Waals surface area contributed by atoms with Crippen molar-refractivity contribution in [2.24, 2.45) is 0 Å². The third-order valence-corrected chi connectivity index (χ3v) is 12.2. The van der Waals surface area contributed by atoms with E-state index in [0.717, 1.165) is 111 Å². The van der Waals surface area contributed by atoms with Crippen molar-refractivity contribution in [3.63, 3.8) is 0 Å². The number of furan rings is 2. The van der Waals surface area contributed by atoms with Gasteiger partial charge in [0, 0.05) is 55.7 Å². The molecule has 64 heavy (non-hydrogen) atoms. The molecular weight excluding hydrogens is 781 g/mol. The van der Waals surface area contributed by atoms with Crippen LogP contribution in [0.1, 0.15) is 0 Å². The van der Waals surface area contributed by atoms with Gasteiger partial charge in [0.05, 0.1) is 0 Å². The molecule has 10 aromatic carbocycles. The number of para-hydroxylation sites is 4. The number of anilines is 6. The summed E-state index contributed by atoms with van der Waals surface area (Å²) in [7, 11) is 0. The Labute approximate surface area is 371 Å². The molecule has 0 saturated carbocycles. The molecule has 0 aliphatic heterocycles. The average molecular weight is 821 g/mol. The smallest absolute Gasteiger partial charge is 0.135 e. The topological polar surface area (TPSA) is 32.8 Å². The molecule has 0 bridgehead atoms. The van der Waals surface area contributed by atoms with Crippen LogP contribution in [-0.2, 0) is 0 Å². The van der Waals surface area contributed by atoms with Gasteiger partial charge in [0.1, 0.15) is 22.3 Å². The summed E-state index contributed by atoms with van der Waals surface area (Å²) < 4.78 is 12.5. The molecule has 0 saturated heterocycles. The second-order valence-corrected chi connectivity index (χ2v) is 16.2. The molecule has 4 heteroatoms. The number of nitrogens with zero attached hydrogens (tertiary/aromatic N) is 2. The fourth-order valence-corrected chi connectivity index (χ4v) is 9.16. The second-order valence-electron chi connectivity index (χ2n) is 16.2. The highest BCUT2D eigenvalue weighted by Gasteiger charge is 2.19. The maximum atomic E-state index is 6.24. The minimum atomic E-state index is 0.876. The standard InChI is InChI=1S/C60H40N2O2/c1-4-16-41(17-5-1)44-34-45(42-18-14-24-49(37-42)61(47-20-6-2-7-21-47)51-30-32-59-55(39-51)53-26-10-12-28-57(53)63-59)36-46(35-44)43-19-15-25-50(38-43)62(48-22-8-3-9-23-48)52-31-33-60-56(40-52)54-27-11-13-29-58(54)64-60/h1-40H. The molecule has 12 aromatic rings. The first-order chi connectivity index (χ1) is 31.7. The lowest BCUT2D eigenvalue weighted by Crippen LogP contribution is -2.10. The maximum absolute atomic E-state index is 6.24. The highest BCUT2D eigenvalue weighted by Crippen LogP contribution is 2.43. The quantitative estimate of drug-likeness (QED) is 0.145. The molecule has 0 aliphatic rings. The summed E-state index contributed by atoms with van der Waals surface area (Å²) >= 11 is 0. The number of fused-ring (bicyclic) bond motifs is 6. The molecule has 0 amide bonds. The van der Waals surface area contributed by atoms with E-state index in [-0.39, 0.29) is 0 Å². The van der Waals surface area contributed by atoms with Crippen molar-refractivity contribution in [1.82, 2.24) is 0 Å². The molecular formula is C60H40N2O2. The van der Waals surface area contributed by atoms with E-state index < -0.39 is 0 Å². The van der Waals surface area contributed by atoms with Gasteiger partial charge in [-0.3, -0.25) is 0 Å². The van der Waals surface area contributed by atoms with Crippen LogP contribution in [0.4, 0.5) is 34.1 Å². The van der Waals surface area contributed by atoms with E-state index in [1.54, 1.807) is 0 Å². The van der Waals surface area contributed by atoms with Crippen LogP contribution in [0.15, 0.2) is 251 Å². The Morgan fingerprint density at radius 2 is 0.547 bits per heavy atom. The summed E-state index contributed by atoms with van der Waals surface area (Å²) in [4.78, 5) is 4.66. The molecule has 0 fully saturated rings. The number of hydrogen-bond acceptors (Lipinski definition) is 4. The molecule has 2 heterocycles. The minimum absolute atomic E-state index is 0.876. The van der Waals surface area contributed by atoms with Crippen molar-refractivity contribution in [3.05, 3.63) is 243 Å². The number of hydrogen-bond donors (Lipinski definition) is 0. The molecule has 0 unspecified atom stereocenters. The van der Waals surface area contributed by atoms with E-state index in [2.05, 4.69) is 228 Å². The predicted molar refractivity (Wildman–Crippen MR) is 267 cm³/mol.